The number of anilines is 1. The molecule has 0 saturated heterocycles. The summed E-state index contributed by atoms with van der Waals surface area (Å²) in [5.74, 6) is -1.23. The first-order chi connectivity index (χ1) is 12.0. The zero-order valence-electron chi connectivity index (χ0n) is 13.4. The second kappa shape index (κ2) is 6.64. The molecule has 0 radical (unpaired) electrons. The van der Waals surface area contributed by atoms with Gasteiger partial charge in [-0.05, 0) is 36.8 Å². The molecule has 0 saturated carbocycles. The summed E-state index contributed by atoms with van der Waals surface area (Å²) >= 11 is 0. The number of rotatable bonds is 4. The number of carboxylic acids is 1. The van der Waals surface area contributed by atoms with Crippen LogP contribution < -0.4 is 15.4 Å². The van der Waals surface area contributed by atoms with Gasteiger partial charge in [-0.3, -0.25) is 9.59 Å². The van der Waals surface area contributed by atoms with Crippen LogP contribution in [-0.2, 0) is 4.79 Å². The molecule has 0 fully saturated rings. The number of para-hydroxylation sites is 1. The summed E-state index contributed by atoms with van der Waals surface area (Å²) in [5.41, 5.74) is 1.60. The van der Waals surface area contributed by atoms with Crippen LogP contribution >= 0.6 is 0 Å². The maximum atomic E-state index is 12.6. The van der Waals surface area contributed by atoms with E-state index < -0.39 is 5.97 Å². The number of benzene rings is 2. The Morgan fingerprint density at radius 1 is 1.20 bits per heavy atom. The van der Waals surface area contributed by atoms with E-state index in [-0.39, 0.29) is 30.0 Å². The topological polar surface area (TPSA) is 105 Å². The molecular formula is C18H16N2O5. The fraction of sp³-hybridized carbons (Fsp3) is 0.167. The number of hydrogen-bond acceptors (Lipinski definition) is 4. The summed E-state index contributed by atoms with van der Waals surface area (Å²) in [4.78, 5) is 35.0. The Kier molecular flexibility index (Phi) is 4.38. The normalized spacial score (nSPS) is 13.9. The lowest BCUT2D eigenvalue weighted by Gasteiger charge is -2.21. The van der Waals surface area contributed by atoms with E-state index >= 15 is 0 Å². The molecule has 1 aliphatic rings. The first-order valence-electron chi connectivity index (χ1n) is 7.65. The highest BCUT2D eigenvalue weighted by Gasteiger charge is 2.23. The first-order valence-corrected chi connectivity index (χ1v) is 7.65. The van der Waals surface area contributed by atoms with Crippen molar-refractivity contribution < 1.29 is 24.2 Å². The molecule has 2 aromatic rings. The average molecular weight is 340 g/mol. The van der Waals surface area contributed by atoms with Crippen LogP contribution in [-0.4, -0.2) is 29.5 Å². The van der Waals surface area contributed by atoms with Crippen LogP contribution in [0.15, 0.2) is 42.5 Å². The van der Waals surface area contributed by atoms with E-state index in [1.807, 2.05) is 0 Å². The summed E-state index contributed by atoms with van der Waals surface area (Å²) in [6.45, 7) is 1.71. The van der Waals surface area contributed by atoms with Gasteiger partial charge in [-0.1, -0.05) is 18.2 Å². The summed E-state index contributed by atoms with van der Waals surface area (Å²) in [6.07, 6.45) is 0. The van der Waals surface area contributed by atoms with Gasteiger partial charge in [0.1, 0.15) is 5.75 Å². The maximum Gasteiger partial charge on any atom is 0.335 e. The Balaban J connectivity index is 1.78. The quantitative estimate of drug-likeness (QED) is 0.791. The minimum atomic E-state index is -1.00. The highest BCUT2D eigenvalue weighted by molar-refractivity contribution is 6.06. The fourth-order valence-electron chi connectivity index (χ4n) is 2.56. The Hall–Kier alpha value is -3.35. The summed E-state index contributed by atoms with van der Waals surface area (Å²) in [7, 11) is 0. The highest BCUT2D eigenvalue weighted by Crippen LogP contribution is 2.31. The lowest BCUT2D eigenvalue weighted by molar-refractivity contribution is -0.118. The van der Waals surface area contributed by atoms with Gasteiger partial charge < -0.3 is 20.5 Å². The van der Waals surface area contributed by atoms with Crippen molar-refractivity contribution in [3.8, 4) is 5.75 Å². The van der Waals surface area contributed by atoms with Crippen molar-refractivity contribution in [2.24, 2.45) is 0 Å². The molecule has 3 N–H and O–H groups in total. The Bertz CT molecular complexity index is 845. The largest absolute Gasteiger partial charge is 0.482 e. The fourth-order valence-corrected chi connectivity index (χ4v) is 2.56. The Labute approximate surface area is 143 Å². The molecule has 2 amide bonds. The van der Waals surface area contributed by atoms with E-state index in [0.717, 1.165) is 5.56 Å². The summed E-state index contributed by atoms with van der Waals surface area (Å²) in [5, 5.41) is 14.4. The molecule has 0 bridgehead atoms. The van der Waals surface area contributed by atoms with Gasteiger partial charge in [-0.2, -0.15) is 0 Å². The van der Waals surface area contributed by atoms with Gasteiger partial charge in [0.15, 0.2) is 6.61 Å². The van der Waals surface area contributed by atoms with E-state index in [1.54, 1.807) is 37.3 Å². The third-order valence-electron chi connectivity index (χ3n) is 3.90. The van der Waals surface area contributed by atoms with Gasteiger partial charge in [0.05, 0.1) is 22.9 Å². The van der Waals surface area contributed by atoms with E-state index in [9.17, 15) is 14.4 Å². The number of fused-ring (bicyclic) bond motifs is 1. The lowest BCUT2D eigenvalue weighted by atomic mass is 10.0. The molecule has 1 heterocycles. The van der Waals surface area contributed by atoms with Crippen LogP contribution in [0.3, 0.4) is 0 Å². The van der Waals surface area contributed by atoms with Crippen molar-refractivity contribution in [2.45, 2.75) is 13.0 Å². The molecule has 3 rings (SSSR count). The highest BCUT2D eigenvalue weighted by atomic mass is 16.5. The second-order valence-electron chi connectivity index (χ2n) is 5.64. The van der Waals surface area contributed by atoms with Gasteiger partial charge in [0.2, 0.25) is 0 Å². The molecule has 0 aliphatic carbocycles. The van der Waals surface area contributed by atoms with Crippen molar-refractivity contribution in [2.75, 3.05) is 11.9 Å². The molecule has 7 heteroatoms. The molecule has 0 spiro atoms. The van der Waals surface area contributed by atoms with Crippen molar-refractivity contribution in [1.29, 1.82) is 0 Å². The molecule has 0 aromatic heterocycles. The first kappa shape index (κ1) is 16.5. The molecule has 7 nitrogen and oxygen atoms in total. The number of aromatic carboxylic acids is 1. The van der Waals surface area contributed by atoms with Gasteiger partial charge in [-0.25, -0.2) is 4.79 Å². The number of carbonyl (C=O) groups excluding carboxylic acids is 2. The number of carbonyl (C=O) groups is 3. The number of ether oxygens (including phenoxy) is 1. The smallest absolute Gasteiger partial charge is 0.335 e. The van der Waals surface area contributed by atoms with Gasteiger partial charge in [0.25, 0.3) is 11.8 Å². The number of nitrogens with one attached hydrogen (secondary N) is 2. The zero-order valence-corrected chi connectivity index (χ0v) is 13.4. The molecule has 1 aliphatic heterocycles. The molecule has 2 aromatic carbocycles. The Morgan fingerprint density at radius 3 is 2.60 bits per heavy atom. The average Bonchev–Trinajstić information content (AvgIpc) is 2.61. The summed E-state index contributed by atoms with van der Waals surface area (Å²) < 4.78 is 5.30. The number of carboxylic acid groups (broad SMARTS) is 1. The van der Waals surface area contributed by atoms with Crippen LogP contribution in [0, 0.1) is 0 Å². The number of amides is 2. The molecular weight excluding hydrogens is 324 g/mol. The van der Waals surface area contributed by atoms with Crippen molar-refractivity contribution >= 4 is 23.5 Å². The molecule has 0 unspecified atom stereocenters. The van der Waals surface area contributed by atoms with Crippen LogP contribution in [0.1, 0.15) is 39.2 Å². The predicted molar refractivity (Wildman–Crippen MR) is 89.8 cm³/mol. The minimum absolute atomic E-state index is 0.0790. The second-order valence-corrected chi connectivity index (χ2v) is 5.64. The SMILES string of the molecule is C[C@@H](NC(=O)c1cccc2c1NC(=O)CO2)c1ccc(C(=O)O)cc1. The Morgan fingerprint density at radius 2 is 1.92 bits per heavy atom. The van der Waals surface area contributed by atoms with E-state index in [4.69, 9.17) is 9.84 Å². The zero-order chi connectivity index (χ0) is 18.0. The summed E-state index contributed by atoms with van der Waals surface area (Å²) in [6, 6.07) is 10.9. The molecule has 25 heavy (non-hydrogen) atoms. The standard InChI is InChI=1S/C18H16N2O5/c1-10(11-5-7-12(8-6-11)18(23)24)19-17(22)13-3-2-4-14-16(13)20-15(21)9-25-14/h2-8,10H,9H2,1H3,(H,19,22)(H,20,21)(H,23,24)/t10-/m1/s1. The lowest BCUT2D eigenvalue weighted by Crippen LogP contribution is -2.31. The molecule has 128 valence electrons. The number of hydrogen-bond donors (Lipinski definition) is 3. The maximum absolute atomic E-state index is 12.6. The minimum Gasteiger partial charge on any atom is -0.482 e. The van der Waals surface area contributed by atoms with Crippen LogP contribution in [0.5, 0.6) is 5.75 Å². The van der Waals surface area contributed by atoms with Crippen molar-refractivity contribution in [3.05, 3.63) is 59.2 Å². The monoisotopic (exact) mass is 340 g/mol. The third kappa shape index (κ3) is 3.45. The van der Waals surface area contributed by atoms with E-state index in [1.165, 1.54) is 12.1 Å². The predicted octanol–water partition coefficient (Wildman–Crippen LogP) is 2.21. The van der Waals surface area contributed by atoms with Crippen LogP contribution in [0.25, 0.3) is 0 Å². The van der Waals surface area contributed by atoms with Gasteiger partial charge >= 0.3 is 5.97 Å². The molecule has 1 atom stereocenters. The van der Waals surface area contributed by atoms with Gasteiger partial charge in [-0.15, -0.1) is 0 Å². The van der Waals surface area contributed by atoms with Gasteiger partial charge in [0, 0.05) is 0 Å². The van der Waals surface area contributed by atoms with E-state index in [2.05, 4.69) is 10.6 Å². The van der Waals surface area contributed by atoms with Crippen LogP contribution in [0.2, 0.25) is 0 Å². The van der Waals surface area contributed by atoms with Crippen molar-refractivity contribution in [3.63, 3.8) is 0 Å². The van der Waals surface area contributed by atoms with Crippen molar-refractivity contribution in [1.82, 2.24) is 5.32 Å². The van der Waals surface area contributed by atoms with Crippen LogP contribution in [0.4, 0.5) is 5.69 Å². The van der Waals surface area contributed by atoms with E-state index in [0.29, 0.717) is 17.0 Å². The third-order valence-corrected chi connectivity index (χ3v) is 3.90.